The van der Waals surface area contributed by atoms with Crippen LogP contribution in [0.5, 0.6) is 0 Å². The zero-order valence-corrected chi connectivity index (χ0v) is 16.8. The highest BCUT2D eigenvalue weighted by Crippen LogP contribution is 2.36. The third-order valence-electron chi connectivity index (χ3n) is 4.54. The van der Waals surface area contributed by atoms with Crippen LogP contribution < -0.4 is 10.6 Å². The van der Waals surface area contributed by atoms with Crippen LogP contribution >= 0.6 is 24.0 Å². The second kappa shape index (κ2) is 10.8. The van der Waals surface area contributed by atoms with Gasteiger partial charge in [-0.25, -0.2) is 0 Å². The number of aliphatic hydroxyl groups is 1. The third-order valence-corrected chi connectivity index (χ3v) is 4.54. The van der Waals surface area contributed by atoms with Gasteiger partial charge in [0, 0.05) is 24.9 Å². The molecule has 0 aromatic carbocycles. The maximum absolute atomic E-state index is 10.3. The summed E-state index contributed by atoms with van der Waals surface area (Å²) in [6.45, 7) is 7.89. The first-order valence-electron chi connectivity index (χ1n) is 8.47. The molecule has 0 spiro atoms. The van der Waals surface area contributed by atoms with E-state index in [0.717, 1.165) is 43.9 Å². The van der Waals surface area contributed by atoms with Crippen molar-refractivity contribution in [2.75, 3.05) is 19.6 Å². The Balaban J connectivity index is 0.00000288. The van der Waals surface area contributed by atoms with Crippen LogP contribution in [0.25, 0.3) is 0 Å². The third kappa shape index (κ3) is 6.47. The molecule has 0 radical (unpaired) electrons. The second-order valence-electron chi connectivity index (χ2n) is 6.51. The predicted octanol–water partition coefficient (Wildman–Crippen LogP) is 3.10. The minimum Gasteiger partial charge on any atom is -0.469 e. The van der Waals surface area contributed by atoms with Gasteiger partial charge in [-0.3, -0.25) is 4.99 Å². The molecule has 0 aliphatic heterocycles. The van der Waals surface area contributed by atoms with E-state index in [-0.39, 0.29) is 35.5 Å². The molecule has 1 aromatic heterocycles. The summed E-state index contributed by atoms with van der Waals surface area (Å²) in [5.41, 5.74) is -0.123. The van der Waals surface area contributed by atoms with E-state index < -0.39 is 0 Å². The summed E-state index contributed by atoms with van der Waals surface area (Å²) in [7, 11) is 0. The zero-order valence-electron chi connectivity index (χ0n) is 14.5. The largest absolute Gasteiger partial charge is 0.469 e. The van der Waals surface area contributed by atoms with Crippen molar-refractivity contribution in [2.45, 2.75) is 45.1 Å². The van der Waals surface area contributed by atoms with E-state index in [0.29, 0.717) is 13.1 Å². The fourth-order valence-electron chi connectivity index (χ4n) is 2.93. The fraction of sp³-hybridized carbons (Fsp3) is 0.611. The summed E-state index contributed by atoms with van der Waals surface area (Å²) in [5.74, 6) is 1.71. The number of aliphatic hydroxyl groups excluding tert-OH is 1. The van der Waals surface area contributed by atoms with Crippen LogP contribution in [0, 0.1) is 5.41 Å². The number of nitrogens with one attached hydrogen (secondary N) is 2. The molecular weight excluding hydrogens is 417 g/mol. The number of hydrogen-bond donors (Lipinski definition) is 3. The van der Waals surface area contributed by atoms with Crippen molar-refractivity contribution in [1.82, 2.24) is 10.6 Å². The number of guanidine groups is 1. The second-order valence-corrected chi connectivity index (χ2v) is 6.51. The highest BCUT2D eigenvalue weighted by Gasteiger charge is 2.35. The lowest BCUT2D eigenvalue weighted by Crippen LogP contribution is -2.42. The Morgan fingerprint density at radius 2 is 2.33 bits per heavy atom. The summed E-state index contributed by atoms with van der Waals surface area (Å²) < 4.78 is 5.33. The molecule has 1 saturated carbocycles. The minimum atomic E-state index is -0.260. The van der Waals surface area contributed by atoms with Gasteiger partial charge in [-0.15, -0.1) is 30.6 Å². The molecule has 1 aliphatic carbocycles. The normalized spacial score (nSPS) is 24.1. The maximum Gasteiger partial charge on any atom is 0.191 e. The van der Waals surface area contributed by atoms with E-state index in [1.165, 1.54) is 6.42 Å². The maximum atomic E-state index is 10.3. The standard InChI is InChI=1S/C18H29N3O2.HI/c1-3-11-19-17(20-12-9-15-7-6-13-23-15)21-14-18(2)10-5-4-8-16(18)22;/h3,6-7,13,16,22H,1,4-5,8-12,14H2,2H3,(H2,19,20,21);1H. The first-order chi connectivity index (χ1) is 11.1. The van der Waals surface area contributed by atoms with Gasteiger partial charge in [0.15, 0.2) is 5.96 Å². The van der Waals surface area contributed by atoms with Crippen LogP contribution in [0.4, 0.5) is 0 Å². The van der Waals surface area contributed by atoms with Crippen molar-refractivity contribution in [3.63, 3.8) is 0 Å². The first-order valence-corrected chi connectivity index (χ1v) is 8.47. The Morgan fingerprint density at radius 3 is 3.00 bits per heavy atom. The molecule has 0 saturated heterocycles. The monoisotopic (exact) mass is 447 g/mol. The Hall–Kier alpha value is -1.02. The van der Waals surface area contributed by atoms with Crippen LogP contribution in [0.15, 0.2) is 40.5 Å². The van der Waals surface area contributed by atoms with E-state index in [1.54, 1.807) is 12.3 Å². The predicted molar refractivity (Wildman–Crippen MR) is 109 cm³/mol. The highest BCUT2D eigenvalue weighted by atomic mass is 127. The Bertz CT molecular complexity index is 504. The van der Waals surface area contributed by atoms with Gasteiger partial charge in [0.2, 0.25) is 0 Å². The number of rotatable bonds is 7. The summed E-state index contributed by atoms with van der Waals surface area (Å²) in [6.07, 6.45) is 8.23. The van der Waals surface area contributed by atoms with Crippen molar-refractivity contribution in [3.05, 3.63) is 36.8 Å². The molecule has 1 fully saturated rings. The summed E-state index contributed by atoms with van der Waals surface area (Å²) in [5, 5.41) is 16.8. The molecule has 2 rings (SSSR count). The van der Waals surface area contributed by atoms with Crippen molar-refractivity contribution in [1.29, 1.82) is 0 Å². The smallest absolute Gasteiger partial charge is 0.191 e. The fourth-order valence-corrected chi connectivity index (χ4v) is 2.93. The van der Waals surface area contributed by atoms with Gasteiger partial charge < -0.3 is 20.2 Å². The van der Waals surface area contributed by atoms with Gasteiger partial charge in [0.25, 0.3) is 0 Å². The molecule has 1 aromatic rings. The molecule has 6 heteroatoms. The van der Waals surface area contributed by atoms with Gasteiger partial charge in [0.1, 0.15) is 5.76 Å². The number of halogens is 1. The number of furan rings is 1. The van der Waals surface area contributed by atoms with Crippen molar-refractivity contribution in [2.24, 2.45) is 10.4 Å². The Kier molecular flexibility index (Phi) is 9.43. The highest BCUT2D eigenvalue weighted by molar-refractivity contribution is 14.0. The summed E-state index contributed by atoms with van der Waals surface area (Å²) in [4.78, 5) is 4.68. The topological polar surface area (TPSA) is 69.8 Å². The molecule has 0 amide bonds. The average molecular weight is 447 g/mol. The molecule has 136 valence electrons. The van der Waals surface area contributed by atoms with E-state index in [2.05, 4.69) is 29.1 Å². The Labute approximate surface area is 162 Å². The van der Waals surface area contributed by atoms with Crippen molar-refractivity contribution in [3.8, 4) is 0 Å². The van der Waals surface area contributed by atoms with Gasteiger partial charge in [-0.1, -0.05) is 25.8 Å². The number of nitrogens with zero attached hydrogens (tertiary/aromatic N) is 1. The minimum absolute atomic E-state index is 0. The number of hydrogen-bond acceptors (Lipinski definition) is 3. The van der Waals surface area contributed by atoms with Gasteiger partial charge in [0.05, 0.1) is 18.9 Å². The molecular formula is C18H30IN3O2. The molecule has 24 heavy (non-hydrogen) atoms. The van der Waals surface area contributed by atoms with E-state index >= 15 is 0 Å². The Morgan fingerprint density at radius 1 is 1.50 bits per heavy atom. The van der Waals surface area contributed by atoms with E-state index in [1.807, 2.05) is 12.1 Å². The molecule has 3 N–H and O–H groups in total. The zero-order chi connectivity index (χ0) is 16.5. The molecule has 0 bridgehead atoms. The SMILES string of the molecule is C=CCNC(=NCC1(C)CCCCC1O)NCCc1ccco1.I. The lowest BCUT2D eigenvalue weighted by molar-refractivity contribution is 0.00716. The molecule has 1 heterocycles. The van der Waals surface area contributed by atoms with E-state index in [4.69, 9.17) is 4.42 Å². The van der Waals surface area contributed by atoms with Gasteiger partial charge >= 0.3 is 0 Å². The van der Waals surface area contributed by atoms with Crippen LogP contribution in [0.1, 0.15) is 38.4 Å². The van der Waals surface area contributed by atoms with Crippen LogP contribution in [-0.2, 0) is 6.42 Å². The lowest BCUT2D eigenvalue weighted by Gasteiger charge is -2.37. The van der Waals surface area contributed by atoms with Gasteiger partial charge in [-0.2, -0.15) is 0 Å². The summed E-state index contributed by atoms with van der Waals surface area (Å²) >= 11 is 0. The number of aliphatic imine (C=N–C) groups is 1. The molecule has 1 aliphatic rings. The summed E-state index contributed by atoms with van der Waals surface area (Å²) in [6, 6.07) is 3.86. The van der Waals surface area contributed by atoms with Gasteiger partial charge in [-0.05, 0) is 25.0 Å². The van der Waals surface area contributed by atoms with Crippen LogP contribution in [0.2, 0.25) is 0 Å². The average Bonchev–Trinajstić information content (AvgIpc) is 3.06. The van der Waals surface area contributed by atoms with Crippen LogP contribution in [-0.4, -0.2) is 36.8 Å². The van der Waals surface area contributed by atoms with Crippen molar-refractivity contribution < 1.29 is 9.52 Å². The molecule has 2 atom stereocenters. The molecule has 5 nitrogen and oxygen atoms in total. The molecule has 2 unspecified atom stereocenters. The lowest BCUT2D eigenvalue weighted by atomic mass is 9.73. The first kappa shape index (κ1) is 21.0. The van der Waals surface area contributed by atoms with E-state index in [9.17, 15) is 5.11 Å². The van der Waals surface area contributed by atoms with Crippen molar-refractivity contribution >= 4 is 29.9 Å². The quantitative estimate of drug-likeness (QED) is 0.260. The van der Waals surface area contributed by atoms with Crippen LogP contribution in [0.3, 0.4) is 0 Å².